The Morgan fingerprint density at radius 1 is 0.933 bits per heavy atom. The number of aryl methyl sites for hydroxylation is 2. The fourth-order valence-electron chi connectivity index (χ4n) is 2.86. The highest BCUT2D eigenvalue weighted by atomic mass is 16.5. The average Bonchev–Trinajstić information content (AvgIpc) is 2.78. The van der Waals surface area contributed by atoms with Crippen molar-refractivity contribution in [3.05, 3.63) is 84.1 Å². The summed E-state index contributed by atoms with van der Waals surface area (Å²) in [6, 6.07) is 20.9. The Bertz CT molecular complexity index is 887. The summed E-state index contributed by atoms with van der Waals surface area (Å²) in [5.74, 6) is 2.03. The predicted octanol–water partition coefficient (Wildman–Crippen LogP) is 3.46. The summed E-state index contributed by atoms with van der Waals surface area (Å²) in [6.45, 7) is 2.38. The lowest BCUT2D eigenvalue weighted by atomic mass is 10.1. The van der Waals surface area contributed by atoms with Crippen LogP contribution in [0.25, 0.3) is 0 Å². The Hall–Kier alpha value is -2.93. The molecular formula is C24H28N2O4. The van der Waals surface area contributed by atoms with E-state index >= 15 is 0 Å². The molecule has 0 aliphatic carbocycles. The quantitative estimate of drug-likeness (QED) is 0.422. The van der Waals surface area contributed by atoms with Crippen molar-refractivity contribution in [1.82, 2.24) is 10.3 Å². The zero-order valence-electron chi connectivity index (χ0n) is 17.1. The molecule has 0 saturated carbocycles. The van der Waals surface area contributed by atoms with Crippen molar-refractivity contribution in [1.29, 1.82) is 0 Å². The molecule has 1 aromatic heterocycles. The van der Waals surface area contributed by atoms with E-state index in [1.165, 1.54) is 0 Å². The highest BCUT2D eigenvalue weighted by molar-refractivity contribution is 5.33. The predicted molar refractivity (Wildman–Crippen MR) is 116 cm³/mol. The molecule has 2 atom stereocenters. The third kappa shape index (κ3) is 7.15. The second kappa shape index (κ2) is 11.3. The van der Waals surface area contributed by atoms with Crippen LogP contribution in [0.5, 0.6) is 17.4 Å². The molecule has 0 aliphatic rings. The number of rotatable bonds is 11. The van der Waals surface area contributed by atoms with E-state index in [-0.39, 0.29) is 13.2 Å². The largest absolute Gasteiger partial charge is 0.491 e. The summed E-state index contributed by atoms with van der Waals surface area (Å²) >= 11 is 0. The maximum atomic E-state index is 10.1. The fraction of sp³-hybridized carbons (Fsp3) is 0.292. The van der Waals surface area contributed by atoms with E-state index in [0.717, 1.165) is 16.9 Å². The van der Waals surface area contributed by atoms with Crippen LogP contribution in [0.4, 0.5) is 0 Å². The van der Waals surface area contributed by atoms with Gasteiger partial charge < -0.3 is 19.7 Å². The zero-order valence-corrected chi connectivity index (χ0v) is 17.1. The lowest BCUT2D eigenvalue weighted by molar-refractivity contribution is 0.0711. The van der Waals surface area contributed by atoms with Crippen molar-refractivity contribution in [2.24, 2.45) is 0 Å². The molecule has 0 bridgehead atoms. The van der Waals surface area contributed by atoms with Gasteiger partial charge in [-0.15, -0.1) is 0 Å². The highest BCUT2D eigenvalue weighted by Crippen LogP contribution is 2.22. The van der Waals surface area contributed by atoms with Gasteiger partial charge in [-0.25, -0.2) is 4.98 Å². The number of hydrogen-bond donors (Lipinski definition) is 3. The summed E-state index contributed by atoms with van der Waals surface area (Å²) in [5.41, 5.74) is 2.07. The number of nitrogens with zero attached hydrogens (tertiary/aromatic N) is 1. The first-order chi connectivity index (χ1) is 14.6. The van der Waals surface area contributed by atoms with Crippen molar-refractivity contribution in [3.8, 4) is 17.4 Å². The van der Waals surface area contributed by atoms with E-state index in [9.17, 15) is 10.2 Å². The number of para-hydroxylation sites is 1. The van der Waals surface area contributed by atoms with Crippen LogP contribution in [0.1, 0.15) is 17.5 Å². The molecule has 2 aromatic carbocycles. The van der Waals surface area contributed by atoms with Crippen LogP contribution in [0.3, 0.4) is 0 Å². The number of aliphatic hydroxyl groups excluding tert-OH is 2. The maximum absolute atomic E-state index is 10.1. The number of aliphatic hydroxyl groups is 2. The molecule has 0 aliphatic heterocycles. The summed E-state index contributed by atoms with van der Waals surface area (Å²) in [4.78, 5) is 4.23. The van der Waals surface area contributed by atoms with Gasteiger partial charge in [0.25, 0.3) is 0 Å². The molecule has 0 fully saturated rings. The first-order valence-electron chi connectivity index (χ1n) is 10.1. The molecule has 6 heteroatoms. The molecule has 0 saturated heterocycles. The van der Waals surface area contributed by atoms with E-state index in [2.05, 4.69) is 10.3 Å². The Labute approximate surface area is 177 Å². The van der Waals surface area contributed by atoms with Crippen molar-refractivity contribution >= 4 is 0 Å². The first-order valence-corrected chi connectivity index (χ1v) is 10.1. The molecular weight excluding hydrogens is 380 g/mol. The minimum atomic E-state index is -0.705. The molecule has 158 valence electrons. The van der Waals surface area contributed by atoms with Gasteiger partial charge in [-0.3, -0.25) is 5.32 Å². The molecule has 0 spiro atoms. The third-order valence-corrected chi connectivity index (χ3v) is 4.58. The van der Waals surface area contributed by atoms with Crippen molar-refractivity contribution in [2.75, 3.05) is 13.2 Å². The standard InChI is InChI=1S/C24H28N2O4/c1-18-6-5-15-25-24(18)30-22-12-9-19(10-13-22)11-14-23(28)26-16-20(27)17-29-21-7-3-2-4-8-21/h2-10,12-13,15,20,23,26-28H,11,14,16-17H2,1H3/t20?,23-/m0/s1. The molecule has 3 N–H and O–H groups in total. The lowest BCUT2D eigenvalue weighted by Crippen LogP contribution is -2.38. The molecule has 1 unspecified atom stereocenters. The number of ether oxygens (including phenoxy) is 2. The monoisotopic (exact) mass is 408 g/mol. The van der Waals surface area contributed by atoms with Crippen LogP contribution in [-0.4, -0.2) is 40.7 Å². The van der Waals surface area contributed by atoms with Crippen LogP contribution < -0.4 is 14.8 Å². The Morgan fingerprint density at radius 2 is 1.70 bits per heavy atom. The topological polar surface area (TPSA) is 83.8 Å². The highest BCUT2D eigenvalue weighted by Gasteiger charge is 2.10. The number of aromatic nitrogens is 1. The Kier molecular flexibility index (Phi) is 8.20. The SMILES string of the molecule is Cc1cccnc1Oc1ccc(CC[C@H](O)NCC(O)COc2ccccc2)cc1. The second-order valence-electron chi connectivity index (χ2n) is 7.11. The van der Waals surface area contributed by atoms with Gasteiger partial charge in [0.05, 0.1) is 0 Å². The lowest BCUT2D eigenvalue weighted by Gasteiger charge is -2.17. The van der Waals surface area contributed by atoms with Gasteiger partial charge in [-0.05, 0) is 55.7 Å². The van der Waals surface area contributed by atoms with Crippen molar-refractivity contribution in [2.45, 2.75) is 32.1 Å². The molecule has 0 radical (unpaired) electrons. The summed E-state index contributed by atoms with van der Waals surface area (Å²) in [7, 11) is 0. The summed E-state index contributed by atoms with van der Waals surface area (Å²) in [5, 5.41) is 23.1. The van der Waals surface area contributed by atoms with E-state index in [0.29, 0.717) is 24.5 Å². The maximum Gasteiger partial charge on any atom is 0.222 e. The van der Waals surface area contributed by atoms with Crippen LogP contribution in [-0.2, 0) is 6.42 Å². The number of hydrogen-bond acceptors (Lipinski definition) is 6. The Balaban J connectivity index is 1.36. The van der Waals surface area contributed by atoms with Crippen LogP contribution in [0.2, 0.25) is 0 Å². The van der Waals surface area contributed by atoms with E-state index < -0.39 is 12.3 Å². The Morgan fingerprint density at radius 3 is 2.43 bits per heavy atom. The van der Waals surface area contributed by atoms with Gasteiger partial charge in [0.2, 0.25) is 5.88 Å². The summed E-state index contributed by atoms with van der Waals surface area (Å²) < 4.78 is 11.3. The van der Waals surface area contributed by atoms with Crippen LogP contribution in [0.15, 0.2) is 72.9 Å². The van der Waals surface area contributed by atoms with Gasteiger partial charge in [-0.1, -0.05) is 36.4 Å². The minimum absolute atomic E-state index is 0.168. The average molecular weight is 408 g/mol. The smallest absolute Gasteiger partial charge is 0.222 e. The normalized spacial score (nSPS) is 12.9. The molecule has 1 heterocycles. The molecule has 30 heavy (non-hydrogen) atoms. The van der Waals surface area contributed by atoms with Crippen LogP contribution in [0, 0.1) is 6.92 Å². The number of nitrogens with one attached hydrogen (secondary N) is 1. The second-order valence-corrected chi connectivity index (χ2v) is 7.11. The van der Waals surface area contributed by atoms with Gasteiger partial charge >= 0.3 is 0 Å². The molecule has 3 rings (SSSR count). The van der Waals surface area contributed by atoms with Gasteiger partial charge in [0, 0.05) is 18.3 Å². The van der Waals surface area contributed by atoms with Crippen molar-refractivity contribution < 1.29 is 19.7 Å². The van der Waals surface area contributed by atoms with E-state index in [1.807, 2.05) is 73.7 Å². The van der Waals surface area contributed by atoms with Crippen LogP contribution >= 0.6 is 0 Å². The fourth-order valence-corrected chi connectivity index (χ4v) is 2.86. The first kappa shape index (κ1) is 21.8. The summed E-state index contributed by atoms with van der Waals surface area (Å²) in [6.07, 6.45) is 1.53. The third-order valence-electron chi connectivity index (χ3n) is 4.58. The van der Waals surface area contributed by atoms with Gasteiger partial charge in [0.1, 0.15) is 30.4 Å². The zero-order chi connectivity index (χ0) is 21.2. The minimum Gasteiger partial charge on any atom is -0.491 e. The van der Waals surface area contributed by atoms with E-state index in [4.69, 9.17) is 9.47 Å². The molecule has 6 nitrogen and oxygen atoms in total. The van der Waals surface area contributed by atoms with Gasteiger partial charge in [-0.2, -0.15) is 0 Å². The van der Waals surface area contributed by atoms with E-state index in [1.54, 1.807) is 6.20 Å². The van der Waals surface area contributed by atoms with Crippen molar-refractivity contribution in [3.63, 3.8) is 0 Å². The molecule has 3 aromatic rings. The molecule has 0 amide bonds. The number of pyridine rings is 1. The number of benzene rings is 2. The van der Waals surface area contributed by atoms with Gasteiger partial charge in [0.15, 0.2) is 0 Å².